The van der Waals surface area contributed by atoms with Crippen LogP contribution in [0.1, 0.15) is 18.1 Å². The number of hydrogen-bond acceptors (Lipinski definition) is 2. The standard InChI is InChI=1S/C13H14N2.CH4O/c1-4-11-9-7-8-10-12(11)13(14-5-2)15-6-3;1-2/h4-10H,1-2H2,3H3;2H,1H3. The van der Waals surface area contributed by atoms with Crippen molar-refractivity contribution in [2.45, 2.75) is 6.92 Å². The lowest BCUT2D eigenvalue weighted by molar-refractivity contribution is 0.399. The highest BCUT2D eigenvalue weighted by Crippen LogP contribution is 2.12. The van der Waals surface area contributed by atoms with E-state index in [0.717, 1.165) is 18.2 Å². The second-order valence-corrected chi connectivity index (χ2v) is 2.81. The monoisotopic (exact) mass is 230 g/mol. The van der Waals surface area contributed by atoms with E-state index in [2.05, 4.69) is 23.1 Å². The van der Waals surface area contributed by atoms with Crippen molar-refractivity contribution in [3.05, 3.63) is 54.8 Å². The van der Waals surface area contributed by atoms with Gasteiger partial charge in [-0.2, -0.15) is 0 Å². The second kappa shape index (κ2) is 9.24. The van der Waals surface area contributed by atoms with Gasteiger partial charge in [-0.15, -0.1) is 0 Å². The first-order chi connectivity index (χ1) is 8.33. The molecule has 0 aliphatic carbocycles. The highest BCUT2D eigenvalue weighted by molar-refractivity contribution is 6.05. The molecule has 0 radical (unpaired) electrons. The Bertz CT molecular complexity index is 420. The Morgan fingerprint density at radius 1 is 1.24 bits per heavy atom. The molecule has 0 saturated heterocycles. The largest absolute Gasteiger partial charge is 0.400 e. The van der Waals surface area contributed by atoms with Gasteiger partial charge in [-0.25, -0.2) is 9.98 Å². The van der Waals surface area contributed by atoms with E-state index in [1.807, 2.05) is 31.2 Å². The summed E-state index contributed by atoms with van der Waals surface area (Å²) in [7, 11) is 1.00. The third-order valence-corrected chi connectivity index (χ3v) is 1.89. The Morgan fingerprint density at radius 2 is 1.88 bits per heavy atom. The number of benzene rings is 1. The predicted molar refractivity (Wildman–Crippen MR) is 75.6 cm³/mol. The number of aliphatic hydroxyl groups excluding tert-OH is 1. The molecule has 0 fully saturated rings. The van der Waals surface area contributed by atoms with Crippen molar-refractivity contribution in [1.82, 2.24) is 0 Å². The van der Waals surface area contributed by atoms with Gasteiger partial charge >= 0.3 is 0 Å². The van der Waals surface area contributed by atoms with Gasteiger partial charge in [-0.1, -0.05) is 43.5 Å². The van der Waals surface area contributed by atoms with Crippen LogP contribution in [0.25, 0.3) is 6.08 Å². The lowest BCUT2D eigenvalue weighted by Gasteiger charge is -2.03. The first kappa shape index (κ1) is 15.0. The maximum absolute atomic E-state index is 7.00. The van der Waals surface area contributed by atoms with Crippen LogP contribution in [0, 0.1) is 0 Å². The van der Waals surface area contributed by atoms with Gasteiger partial charge in [0.2, 0.25) is 0 Å². The maximum Gasteiger partial charge on any atom is 0.159 e. The van der Waals surface area contributed by atoms with Gasteiger partial charge in [0.15, 0.2) is 5.84 Å². The Morgan fingerprint density at radius 3 is 2.41 bits per heavy atom. The maximum atomic E-state index is 7.00. The van der Waals surface area contributed by atoms with Crippen LogP contribution in [0.2, 0.25) is 0 Å². The smallest absolute Gasteiger partial charge is 0.159 e. The van der Waals surface area contributed by atoms with Crippen molar-refractivity contribution < 1.29 is 5.11 Å². The first-order valence-electron chi connectivity index (χ1n) is 5.17. The summed E-state index contributed by atoms with van der Waals surface area (Å²) < 4.78 is 0. The molecule has 1 N–H and O–H groups in total. The normalized spacial score (nSPS) is 10.6. The van der Waals surface area contributed by atoms with Crippen molar-refractivity contribution in [2.24, 2.45) is 9.98 Å². The molecule has 3 nitrogen and oxygen atoms in total. The molecule has 17 heavy (non-hydrogen) atoms. The number of aliphatic hydroxyl groups is 1. The minimum absolute atomic E-state index is 0.656. The highest BCUT2D eigenvalue weighted by atomic mass is 16.2. The molecular weight excluding hydrogens is 212 g/mol. The molecule has 0 amide bonds. The third-order valence-electron chi connectivity index (χ3n) is 1.89. The number of nitrogens with zero attached hydrogens (tertiary/aromatic N) is 2. The van der Waals surface area contributed by atoms with E-state index in [4.69, 9.17) is 5.11 Å². The van der Waals surface area contributed by atoms with Crippen LogP contribution in [0.15, 0.2) is 53.6 Å². The van der Waals surface area contributed by atoms with Crippen LogP contribution in [-0.4, -0.2) is 24.3 Å². The molecule has 1 rings (SSSR count). The highest BCUT2D eigenvalue weighted by Gasteiger charge is 2.03. The average molecular weight is 230 g/mol. The van der Waals surface area contributed by atoms with Crippen LogP contribution in [0.5, 0.6) is 0 Å². The summed E-state index contributed by atoms with van der Waals surface area (Å²) in [5, 5.41) is 7.00. The van der Waals surface area contributed by atoms with E-state index < -0.39 is 0 Å². The van der Waals surface area contributed by atoms with Crippen molar-refractivity contribution in [1.29, 1.82) is 0 Å². The van der Waals surface area contributed by atoms with E-state index in [0.29, 0.717) is 5.84 Å². The molecule has 3 heteroatoms. The van der Waals surface area contributed by atoms with E-state index in [9.17, 15) is 0 Å². The minimum atomic E-state index is 0.656. The lowest BCUT2D eigenvalue weighted by Crippen LogP contribution is -1.99. The molecule has 0 aliphatic rings. The average Bonchev–Trinajstić information content (AvgIpc) is 2.41. The molecular formula is C14H18N2O. The molecule has 0 aliphatic heterocycles. The van der Waals surface area contributed by atoms with Crippen LogP contribution in [0.3, 0.4) is 0 Å². The summed E-state index contributed by atoms with van der Waals surface area (Å²) in [5.74, 6) is 0.656. The van der Waals surface area contributed by atoms with Crippen LogP contribution in [0.4, 0.5) is 0 Å². The second-order valence-electron chi connectivity index (χ2n) is 2.81. The number of amidine groups is 1. The number of rotatable bonds is 3. The summed E-state index contributed by atoms with van der Waals surface area (Å²) in [6.45, 7) is 9.19. The molecule has 1 aromatic carbocycles. The third kappa shape index (κ3) is 4.57. The summed E-state index contributed by atoms with van der Waals surface area (Å²) >= 11 is 0. The van der Waals surface area contributed by atoms with Gasteiger partial charge in [-0.3, -0.25) is 0 Å². The Kier molecular flexibility index (Phi) is 8.15. The summed E-state index contributed by atoms with van der Waals surface area (Å²) in [6, 6.07) is 7.85. The van der Waals surface area contributed by atoms with Gasteiger partial charge < -0.3 is 5.11 Å². The number of hydrogen-bond donors (Lipinski definition) is 1. The fourth-order valence-corrected chi connectivity index (χ4v) is 1.26. The van der Waals surface area contributed by atoms with Crippen molar-refractivity contribution >= 4 is 18.1 Å². The Hall–Kier alpha value is -2.00. The van der Waals surface area contributed by atoms with Crippen molar-refractivity contribution in [3.8, 4) is 0 Å². The van der Waals surface area contributed by atoms with Gasteiger partial charge in [-0.05, 0) is 12.5 Å². The molecule has 0 saturated carbocycles. The van der Waals surface area contributed by atoms with Crippen molar-refractivity contribution in [2.75, 3.05) is 7.11 Å². The molecule has 0 heterocycles. The van der Waals surface area contributed by atoms with Gasteiger partial charge in [0.05, 0.1) is 0 Å². The molecule has 0 spiro atoms. The first-order valence-corrected chi connectivity index (χ1v) is 5.17. The molecule has 0 bridgehead atoms. The molecule has 1 aromatic rings. The zero-order chi connectivity index (χ0) is 13.1. The molecule has 0 unspecified atom stereocenters. The van der Waals surface area contributed by atoms with Crippen LogP contribution in [-0.2, 0) is 0 Å². The summed E-state index contributed by atoms with van der Waals surface area (Å²) in [4.78, 5) is 8.33. The summed E-state index contributed by atoms with van der Waals surface area (Å²) in [5.41, 5.74) is 1.98. The predicted octanol–water partition coefficient (Wildman–Crippen LogP) is 2.92. The van der Waals surface area contributed by atoms with E-state index in [1.165, 1.54) is 6.20 Å². The van der Waals surface area contributed by atoms with Crippen molar-refractivity contribution in [3.63, 3.8) is 0 Å². The summed E-state index contributed by atoms with van der Waals surface area (Å²) in [6.07, 6.45) is 4.99. The minimum Gasteiger partial charge on any atom is -0.400 e. The Labute approximate surface area is 103 Å². The molecule has 90 valence electrons. The zero-order valence-electron chi connectivity index (χ0n) is 10.3. The van der Waals surface area contributed by atoms with Crippen LogP contribution < -0.4 is 0 Å². The zero-order valence-corrected chi connectivity index (χ0v) is 10.3. The van der Waals surface area contributed by atoms with E-state index in [-0.39, 0.29) is 0 Å². The SMILES string of the molecule is C=CN=C(N=CC)c1ccccc1C=C.CO. The molecule has 0 aromatic heterocycles. The fraction of sp³-hybridized carbons (Fsp3) is 0.143. The van der Waals surface area contributed by atoms with Crippen LogP contribution >= 0.6 is 0 Å². The Balaban J connectivity index is 0.00000121. The molecule has 0 atom stereocenters. The van der Waals surface area contributed by atoms with E-state index in [1.54, 1.807) is 12.3 Å². The quantitative estimate of drug-likeness (QED) is 0.629. The van der Waals surface area contributed by atoms with Gasteiger partial charge in [0.1, 0.15) is 0 Å². The fourth-order valence-electron chi connectivity index (χ4n) is 1.26. The van der Waals surface area contributed by atoms with E-state index >= 15 is 0 Å². The van der Waals surface area contributed by atoms with Gasteiger partial charge in [0, 0.05) is 25.1 Å². The topological polar surface area (TPSA) is 45.0 Å². The lowest BCUT2D eigenvalue weighted by atomic mass is 10.1. The number of aliphatic imine (C=N–C) groups is 2. The van der Waals surface area contributed by atoms with Gasteiger partial charge in [0.25, 0.3) is 0 Å².